The van der Waals surface area contributed by atoms with Gasteiger partial charge in [0, 0.05) is 0 Å². The van der Waals surface area contributed by atoms with Gasteiger partial charge in [0.05, 0.1) is 0 Å². The lowest BCUT2D eigenvalue weighted by Gasteiger charge is -2.25. The summed E-state index contributed by atoms with van der Waals surface area (Å²) in [6, 6.07) is 0. The molecule has 3 nitrogen and oxygen atoms in total. The molecular weight excluding hydrogens is 180 g/mol. The van der Waals surface area contributed by atoms with Crippen molar-refractivity contribution >= 4 is 6.16 Å². The lowest BCUT2D eigenvalue weighted by atomic mass is 9.96. The molecule has 0 aliphatic heterocycles. The first-order valence-electron chi connectivity index (χ1n) is 4.80. The maximum atomic E-state index is 10.5. The fraction of sp³-hybridized carbons (Fsp3) is 0.545. The highest BCUT2D eigenvalue weighted by Gasteiger charge is 2.26. The fourth-order valence-corrected chi connectivity index (χ4v) is 1.46. The van der Waals surface area contributed by atoms with Crippen LogP contribution in [0.1, 0.15) is 33.6 Å². The van der Waals surface area contributed by atoms with E-state index in [9.17, 15) is 4.79 Å². The van der Waals surface area contributed by atoms with Crippen LogP contribution in [-0.2, 0) is 4.74 Å². The van der Waals surface area contributed by atoms with Gasteiger partial charge < -0.3 is 9.84 Å². The highest BCUT2D eigenvalue weighted by atomic mass is 16.7. The minimum absolute atomic E-state index is 0.661. The van der Waals surface area contributed by atoms with Crippen molar-refractivity contribution in [3.8, 4) is 0 Å². The summed E-state index contributed by atoms with van der Waals surface area (Å²) < 4.78 is 4.90. The summed E-state index contributed by atoms with van der Waals surface area (Å²) in [5.74, 6) is 0. The Balaban J connectivity index is 4.81. The first kappa shape index (κ1) is 12.8. The molecule has 1 N–H and O–H groups in total. The summed E-state index contributed by atoms with van der Waals surface area (Å²) in [5, 5.41) is 8.64. The second kappa shape index (κ2) is 6.24. The Morgan fingerprint density at radius 3 is 2.14 bits per heavy atom. The van der Waals surface area contributed by atoms with Gasteiger partial charge in [-0.15, -0.1) is 0 Å². The number of hydrogen-bond acceptors (Lipinski definition) is 2. The molecule has 0 rings (SSSR count). The third-order valence-electron chi connectivity index (χ3n) is 1.82. The maximum Gasteiger partial charge on any atom is 0.506 e. The van der Waals surface area contributed by atoms with Crippen molar-refractivity contribution in [1.29, 1.82) is 0 Å². The number of allylic oxidation sites excluding steroid dienone is 2. The molecule has 0 bridgehead atoms. The van der Waals surface area contributed by atoms with Gasteiger partial charge >= 0.3 is 6.16 Å². The highest BCUT2D eigenvalue weighted by molar-refractivity contribution is 5.58. The van der Waals surface area contributed by atoms with Crippen LogP contribution in [0.15, 0.2) is 24.3 Å². The lowest BCUT2D eigenvalue weighted by molar-refractivity contribution is 0.0312. The predicted molar refractivity (Wildman–Crippen MR) is 56.4 cm³/mol. The number of hydrogen-bond donors (Lipinski definition) is 1. The topological polar surface area (TPSA) is 46.5 Å². The largest absolute Gasteiger partial charge is 0.506 e. The van der Waals surface area contributed by atoms with Crippen LogP contribution in [0, 0.1) is 0 Å². The van der Waals surface area contributed by atoms with Crippen LogP contribution in [0.25, 0.3) is 0 Å². The van der Waals surface area contributed by atoms with Gasteiger partial charge in [0.2, 0.25) is 0 Å². The second-order valence-electron chi connectivity index (χ2n) is 3.07. The van der Waals surface area contributed by atoms with Crippen molar-refractivity contribution in [3.63, 3.8) is 0 Å². The second-order valence-corrected chi connectivity index (χ2v) is 3.07. The van der Waals surface area contributed by atoms with Gasteiger partial charge in [0.15, 0.2) is 5.60 Å². The van der Waals surface area contributed by atoms with Crippen molar-refractivity contribution in [1.82, 2.24) is 0 Å². The van der Waals surface area contributed by atoms with E-state index in [0.29, 0.717) is 6.42 Å². The van der Waals surface area contributed by atoms with E-state index < -0.39 is 11.8 Å². The summed E-state index contributed by atoms with van der Waals surface area (Å²) in [4.78, 5) is 10.5. The highest BCUT2D eigenvalue weighted by Crippen LogP contribution is 2.22. The number of ether oxygens (including phenoxy) is 1. The fourth-order valence-electron chi connectivity index (χ4n) is 1.46. The Hall–Kier alpha value is -1.25. The molecule has 0 unspecified atom stereocenters. The molecule has 0 aliphatic carbocycles. The average molecular weight is 198 g/mol. The number of carbonyl (C=O) groups is 1. The van der Waals surface area contributed by atoms with E-state index in [1.807, 2.05) is 20.8 Å². The van der Waals surface area contributed by atoms with Crippen LogP contribution in [-0.4, -0.2) is 16.9 Å². The van der Waals surface area contributed by atoms with Gasteiger partial charge in [0.25, 0.3) is 0 Å². The molecular formula is C11H18O3. The van der Waals surface area contributed by atoms with Gasteiger partial charge in [-0.1, -0.05) is 25.5 Å². The molecule has 0 aromatic heterocycles. The molecule has 80 valence electrons. The van der Waals surface area contributed by atoms with E-state index in [-0.39, 0.29) is 0 Å². The zero-order chi connectivity index (χ0) is 11.0. The van der Waals surface area contributed by atoms with Crippen molar-refractivity contribution in [2.45, 2.75) is 39.2 Å². The Morgan fingerprint density at radius 1 is 1.36 bits per heavy atom. The minimum Gasteiger partial charge on any atom is -0.450 e. The molecule has 0 radical (unpaired) electrons. The Kier molecular flexibility index (Phi) is 5.68. The summed E-state index contributed by atoms with van der Waals surface area (Å²) in [7, 11) is 0. The van der Waals surface area contributed by atoms with E-state index in [2.05, 4.69) is 0 Å². The normalized spacial score (nSPS) is 12.5. The smallest absolute Gasteiger partial charge is 0.450 e. The molecule has 0 amide bonds. The molecule has 0 aliphatic rings. The van der Waals surface area contributed by atoms with E-state index in [1.165, 1.54) is 0 Å². The van der Waals surface area contributed by atoms with Gasteiger partial charge in [-0.2, -0.15) is 0 Å². The van der Waals surface area contributed by atoms with Crippen molar-refractivity contribution < 1.29 is 14.6 Å². The van der Waals surface area contributed by atoms with Gasteiger partial charge in [0.1, 0.15) is 0 Å². The zero-order valence-electron chi connectivity index (χ0n) is 8.99. The molecule has 0 saturated heterocycles. The van der Waals surface area contributed by atoms with E-state index >= 15 is 0 Å². The van der Waals surface area contributed by atoms with Gasteiger partial charge in [-0.05, 0) is 32.4 Å². The Morgan fingerprint density at radius 2 is 1.86 bits per heavy atom. The first-order chi connectivity index (χ1) is 6.60. The van der Waals surface area contributed by atoms with Crippen molar-refractivity contribution in [2.24, 2.45) is 0 Å². The molecule has 0 atom stereocenters. The Labute approximate surface area is 85.1 Å². The monoisotopic (exact) mass is 198 g/mol. The SMILES string of the molecule is C/C=C\C(/C=C\C)(CCC)OC(=O)O. The van der Waals surface area contributed by atoms with Crippen LogP contribution in [0.4, 0.5) is 4.79 Å². The van der Waals surface area contributed by atoms with Crippen LogP contribution < -0.4 is 0 Å². The minimum atomic E-state index is -1.24. The third-order valence-corrected chi connectivity index (χ3v) is 1.82. The lowest BCUT2D eigenvalue weighted by Crippen LogP contribution is -2.30. The van der Waals surface area contributed by atoms with Crippen LogP contribution in [0.2, 0.25) is 0 Å². The molecule has 0 aromatic rings. The summed E-state index contributed by atoms with van der Waals surface area (Å²) in [6.45, 7) is 5.69. The summed E-state index contributed by atoms with van der Waals surface area (Å²) in [5.41, 5.74) is -0.788. The predicted octanol–water partition coefficient (Wildman–Crippen LogP) is 3.37. The van der Waals surface area contributed by atoms with Crippen molar-refractivity contribution in [2.75, 3.05) is 0 Å². The first-order valence-corrected chi connectivity index (χ1v) is 4.80. The quantitative estimate of drug-likeness (QED) is 0.544. The van der Waals surface area contributed by atoms with Crippen molar-refractivity contribution in [3.05, 3.63) is 24.3 Å². The number of carboxylic acid groups (broad SMARTS) is 1. The zero-order valence-corrected chi connectivity index (χ0v) is 8.99. The number of rotatable bonds is 5. The van der Waals surface area contributed by atoms with Gasteiger partial charge in [-0.3, -0.25) is 0 Å². The van der Waals surface area contributed by atoms with Crippen LogP contribution >= 0.6 is 0 Å². The maximum absolute atomic E-state index is 10.5. The summed E-state index contributed by atoms with van der Waals surface area (Å²) >= 11 is 0. The molecule has 0 saturated carbocycles. The van der Waals surface area contributed by atoms with Crippen LogP contribution in [0.5, 0.6) is 0 Å². The molecule has 3 heteroatoms. The van der Waals surface area contributed by atoms with Crippen LogP contribution in [0.3, 0.4) is 0 Å². The van der Waals surface area contributed by atoms with E-state index in [0.717, 1.165) is 6.42 Å². The van der Waals surface area contributed by atoms with E-state index in [1.54, 1.807) is 24.3 Å². The average Bonchev–Trinajstić information content (AvgIpc) is 2.03. The van der Waals surface area contributed by atoms with Gasteiger partial charge in [-0.25, -0.2) is 4.79 Å². The standard InChI is InChI=1S/C11H18O3/c1-4-7-11(8-5-2,9-6-3)14-10(12)13/h4-5,7-8H,6,9H2,1-3H3,(H,12,13)/b7-4-,8-5-. The molecule has 0 heterocycles. The molecule has 0 fully saturated rings. The summed E-state index contributed by atoms with van der Waals surface area (Å²) in [6.07, 6.45) is 7.43. The Bertz CT molecular complexity index is 217. The van der Waals surface area contributed by atoms with E-state index in [4.69, 9.17) is 9.84 Å². The molecule has 0 spiro atoms. The third kappa shape index (κ3) is 4.12. The molecule has 14 heavy (non-hydrogen) atoms. The molecule has 0 aromatic carbocycles.